The molecular formula is C14H18N4OS. The molecule has 0 saturated heterocycles. The van der Waals surface area contributed by atoms with Gasteiger partial charge in [-0.25, -0.2) is 10.8 Å². The SMILES string of the molecule is CC(Cc1cccs1)N(C)C(=O)c1ccc(NN)nc1. The Morgan fingerprint density at radius 1 is 1.50 bits per heavy atom. The largest absolute Gasteiger partial charge is 0.339 e. The fourth-order valence-corrected chi connectivity index (χ4v) is 2.69. The van der Waals surface area contributed by atoms with E-state index in [4.69, 9.17) is 5.84 Å². The van der Waals surface area contributed by atoms with Gasteiger partial charge < -0.3 is 10.3 Å². The lowest BCUT2D eigenvalue weighted by Gasteiger charge is -2.24. The van der Waals surface area contributed by atoms with Crippen LogP contribution in [0.5, 0.6) is 0 Å². The van der Waals surface area contributed by atoms with Crippen LogP contribution in [0.25, 0.3) is 0 Å². The molecule has 0 aromatic carbocycles. The number of nitrogens with one attached hydrogen (secondary N) is 1. The standard InChI is InChI=1S/C14H18N4OS/c1-10(8-12-4-3-7-20-12)18(2)14(19)11-5-6-13(17-15)16-9-11/h3-7,9-10H,8,15H2,1-2H3,(H,16,17). The number of carbonyl (C=O) groups is 1. The van der Waals surface area contributed by atoms with Crippen LogP contribution < -0.4 is 11.3 Å². The second-order valence-corrected chi connectivity index (χ2v) is 5.66. The molecule has 1 unspecified atom stereocenters. The number of rotatable bonds is 5. The van der Waals surface area contributed by atoms with Crippen LogP contribution in [-0.4, -0.2) is 28.9 Å². The van der Waals surface area contributed by atoms with Crippen molar-refractivity contribution in [1.82, 2.24) is 9.88 Å². The number of nitrogens with zero attached hydrogens (tertiary/aromatic N) is 2. The first-order chi connectivity index (χ1) is 9.61. The van der Waals surface area contributed by atoms with Gasteiger partial charge in [0, 0.05) is 30.6 Å². The van der Waals surface area contributed by atoms with Crippen molar-refractivity contribution in [2.24, 2.45) is 5.84 Å². The molecular weight excluding hydrogens is 272 g/mol. The predicted molar refractivity (Wildman–Crippen MR) is 81.6 cm³/mol. The average molecular weight is 290 g/mol. The molecule has 1 atom stereocenters. The molecule has 106 valence electrons. The number of thiophene rings is 1. The van der Waals surface area contributed by atoms with Crippen molar-refractivity contribution in [2.45, 2.75) is 19.4 Å². The summed E-state index contributed by atoms with van der Waals surface area (Å²) in [7, 11) is 1.82. The molecule has 20 heavy (non-hydrogen) atoms. The van der Waals surface area contributed by atoms with Crippen molar-refractivity contribution in [2.75, 3.05) is 12.5 Å². The van der Waals surface area contributed by atoms with E-state index in [9.17, 15) is 4.79 Å². The summed E-state index contributed by atoms with van der Waals surface area (Å²) in [5.41, 5.74) is 3.00. The molecule has 6 heteroatoms. The van der Waals surface area contributed by atoms with Crippen LogP contribution in [0, 0.1) is 0 Å². The predicted octanol–water partition coefficient (Wildman–Crippen LogP) is 2.13. The number of pyridine rings is 1. The van der Waals surface area contributed by atoms with Crippen molar-refractivity contribution in [1.29, 1.82) is 0 Å². The van der Waals surface area contributed by atoms with E-state index in [1.807, 2.05) is 25.4 Å². The van der Waals surface area contributed by atoms with Gasteiger partial charge >= 0.3 is 0 Å². The third kappa shape index (κ3) is 3.34. The zero-order chi connectivity index (χ0) is 14.5. The first-order valence-electron chi connectivity index (χ1n) is 6.34. The maximum Gasteiger partial charge on any atom is 0.255 e. The lowest BCUT2D eigenvalue weighted by atomic mass is 10.1. The van der Waals surface area contributed by atoms with Crippen LogP contribution in [0.15, 0.2) is 35.8 Å². The van der Waals surface area contributed by atoms with E-state index in [-0.39, 0.29) is 11.9 Å². The van der Waals surface area contributed by atoms with Crippen LogP contribution in [-0.2, 0) is 6.42 Å². The zero-order valence-corrected chi connectivity index (χ0v) is 12.4. The third-order valence-corrected chi connectivity index (χ3v) is 4.12. The molecule has 0 bridgehead atoms. The summed E-state index contributed by atoms with van der Waals surface area (Å²) in [5.74, 6) is 5.75. The molecule has 2 heterocycles. The number of hydrogen-bond acceptors (Lipinski definition) is 5. The van der Waals surface area contributed by atoms with Gasteiger partial charge in [-0.05, 0) is 30.5 Å². The number of aromatic nitrogens is 1. The minimum Gasteiger partial charge on any atom is -0.339 e. The topological polar surface area (TPSA) is 71.2 Å². The molecule has 0 aliphatic carbocycles. The van der Waals surface area contributed by atoms with Crippen molar-refractivity contribution >= 4 is 23.1 Å². The first-order valence-corrected chi connectivity index (χ1v) is 7.22. The molecule has 0 spiro atoms. The second-order valence-electron chi connectivity index (χ2n) is 4.63. The molecule has 5 nitrogen and oxygen atoms in total. The number of nitrogens with two attached hydrogens (primary N) is 1. The van der Waals surface area contributed by atoms with Crippen molar-refractivity contribution in [3.05, 3.63) is 46.3 Å². The number of anilines is 1. The van der Waals surface area contributed by atoms with Crippen LogP contribution >= 0.6 is 11.3 Å². The molecule has 0 saturated carbocycles. The first kappa shape index (κ1) is 14.5. The monoisotopic (exact) mass is 290 g/mol. The van der Waals surface area contributed by atoms with E-state index in [2.05, 4.69) is 16.5 Å². The van der Waals surface area contributed by atoms with Gasteiger partial charge in [0.15, 0.2) is 0 Å². The minimum absolute atomic E-state index is 0.0369. The van der Waals surface area contributed by atoms with Gasteiger partial charge in [-0.2, -0.15) is 0 Å². The third-order valence-electron chi connectivity index (χ3n) is 3.22. The van der Waals surface area contributed by atoms with Crippen LogP contribution in [0.4, 0.5) is 5.82 Å². The minimum atomic E-state index is -0.0369. The molecule has 2 aromatic heterocycles. The molecule has 3 N–H and O–H groups in total. The van der Waals surface area contributed by atoms with Gasteiger partial charge in [-0.3, -0.25) is 4.79 Å². The van der Waals surface area contributed by atoms with Gasteiger partial charge in [-0.1, -0.05) is 6.07 Å². The molecule has 2 rings (SSSR count). The van der Waals surface area contributed by atoms with Crippen LogP contribution in [0.1, 0.15) is 22.2 Å². The van der Waals surface area contributed by atoms with Crippen molar-refractivity contribution in [3.63, 3.8) is 0 Å². The van der Waals surface area contributed by atoms with E-state index >= 15 is 0 Å². The number of nitrogen functional groups attached to an aromatic ring is 1. The van der Waals surface area contributed by atoms with Crippen molar-refractivity contribution < 1.29 is 4.79 Å². The maximum absolute atomic E-state index is 12.4. The summed E-state index contributed by atoms with van der Waals surface area (Å²) < 4.78 is 0. The quantitative estimate of drug-likeness (QED) is 0.653. The highest BCUT2D eigenvalue weighted by Gasteiger charge is 2.18. The number of hydrogen-bond donors (Lipinski definition) is 2. The van der Waals surface area contributed by atoms with E-state index in [0.717, 1.165) is 6.42 Å². The van der Waals surface area contributed by atoms with Gasteiger partial charge in [0.2, 0.25) is 0 Å². The Morgan fingerprint density at radius 3 is 2.85 bits per heavy atom. The Balaban J connectivity index is 2.03. The fourth-order valence-electron chi connectivity index (χ4n) is 1.87. The van der Waals surface area contributed by atoms with E-state index in [0.29, 0.717) is 11.4 Å². The lowest BCUT2D eigenvalue weighted by Crippen LogP contribution is -2.36. The van der Waals surface area contributed by atoms with Crippen LogP contribution in [0.3, 0.4) is 0 Å². The molecule has 0 radical (unpaired) electrons. The number of amides is 1. The Bertz CT molecular complexity index is 553. The fraction of sp³-hybridized carbons (Fsp3) is 0.286. The van der Waals surface area contributed by atoms with Gasteiger partial charge in [0.1, 0.15) is 5.82 Å². The summed E-state index contributed by atoms with van der Waals surface area (Å²) in [6.45, 7) is 2.04. The average Bonchev–Trinajstić information content (AvgIpc) is 2.98. The highest BCUT2D eigenvalue weighted by atomic mass is 32.1. The molecule has 0 fully saturated rings. The van der Waals surface area contributed by atoms with Crippen molar-refractivity contribution in [3.8, 4) is 0 Å². The Morgan fingerprint density at radius 2 is 2.30 bits per heavy atom. The Kier molecular flexibility index (Phi) is 4.70. The Labute approximate surface area is 122 Å². The summed E-state index contributed by atoms with van der Waals surface area (Å²) >= 11 is 1.71. The van der Waals surface area contributed by atoms with E-state index in [1.165, 1.54) is 11.1 Å². The van der Waals surface area contributed by atoms with Gasteiger partial charge in [-0.15, -0.1) is 11.3 Å². The number of likely N-dealkylation sites (N-methyl/N-ethyl adjacent to an activating group) is 1. The molecule has 0 aliphatic heterocycles. The molecule has 1 amide bonds. The summed E-state index contributed by atoms with van der Waals surface area (Å²) in [6.07, 6.45) is 2.39. The van der Waals surface area contributed by atoms with E-state index in [1.54, 1.807) is 28.4 Å². The molecule has 2 aromatic rings. The van der Waals surface area contributed by atoms with E-state index < -0.39 is 0 Å². The molecule has 0 aliphatic rings. The van der Waals surface area contributed by atoms with Crippen LogP contribution in [0.2, 0.25) is 0 Å². The highest BCUT2D eigenvalue weighted by Crippen LogP contribution is 2.15. The highest BCUT2D eigenvalue weighted by molar-refractivity contribution is 7.09. The summed E-state index contributed by atoms with van der Waals surface area (Å²) in [6, 6.07) is 7.65. The lowest BCUT2D eigenvalue weighted by molar-refractivity contribution is 0.0743. The second kappa shape index (κ2) is 6.49. The smallest absolute Gasteiger partial charge is 0.255 e. The maximum atomic E-state index is 12.4. The summed E-state index contributed by atoms with van der Waals surface area (Å²) in [4.78, 5) is 19.4. The zero-order valence-electron chi connectivity index (χ0n) is 11.5. The summed E-state index contributed by atoms with van der Waals surface area (Å²) in [5, 5.41) is 2.05. The Hall–Kier alpha value is -1.92. The normalized spacial score (nSPS) is 11.9. The van der Waals surface area contributed by atoms with Gasteiger partial charge in [0.25, 0.3) is 5.91 Å². The van der Waals surface area contributed by atoms with Gasteiger partial charge in [0.05, 0.1) is 5.56 Å². The number of hydrazine groups is 1. The number of carbonyl (C=O) groups excluding carboxylic acids is 1.